The molecule has 0 aliphatic heterocycles. The highest BCUT2D eigenvalue weighted by Crippen LogP contribution is 2.15. The van der Waals surface area contributed by atoms with E-state index in [4.69, 9.17) is 9.84 Å². The van der Waals surface area contributed by atoms with Crippen LogP contribution in [0.15, 0.2) is 12.3 Å². The lowest BCUT2D eigenvalue weighted by Gasteiger charge is -2.19. The molecule has 1 rings (SSSR count). The third kappa shape index (κ3) is 5.94. The highest BCUT2D eigenvalue weighted by Gasteiger charge is 2.17. The van der Waals surface area contributed by atoms with Crippen LogP contribution in [0.25, 0.3) is 0 Å². The maximum Gasteiger partial charge on any atom is 0.412 e. The number of carbonyl (C=O) groups excluding carboxylic acids is 1. The van der Waals surface area contributed by atoms with Crippen LogP contribution in [0, 0.1) is 0 Å². The second-order valence-corrected chi connectivity index (χ2v) is 4.66. The number of nitrogens with zero attached hydrogens (tertiary/aromatic N) is 1. The summed E-state index contributed by atoms with van der Waals surface area (Å²) in [7, 11) is 1.59. The minimum Gasteiger partial charge on any atom is -0.477 e. The number of carboxylic acids is 1. The Kier molecular flexibility index (Phi) is 6.11. The van der Waals surface area contributed by atoms with Crippen molar-refractivity contribution in [1.82, 2.24) is 4.57 Å². The Morgan fingerprint density at radius 3 is 2.21 bits per heavy atom. The number of hydrogen-bond donors (Lipinski definition) is 2. The van der Waals surface area contributed by atoms with Crippen molar-refractivity contribution in [3.05, 3.63) is 18.0 Å². The van der Waals surface area contributed by atoms with Crippen LogP contribution in [0.3, 0.4) is 0 Å². The normalized spacial score (nSPS) is 10.2. The second-order valence-electron chi connectivity index (χ2n) is 4.66. The Labute approximate surface area is 113 Å². The van der Waals surface area contributed by atoms with E-state index in [9.17, 15) is 9.59 Å². The van der Waals surface area contributed by atoms with Crippen LogP contribution in [0.5, 0.6) is 0 Å². The number of anilines is 1. The fourth-order valence-electron chi connectivity index (χ4n) is 1.27. The summed E-state index contributed by atoms with van der Waals surface area (Å²) in [4.78, 5) is 22.2. The van der Waals surface area contributed by atoms with Crippen LogP contribution in [0.1, 0.15) is 45.1 Å². The maximum absolute atomic E-state index is 11.4. The standard InChI is InChI=1S/C11H16N2O4.C2H6/c1-11(2,3)17-10(16)12-7-5-8(9(14)15)13(4)6-7;1-2/h5-6H,1-4H3,(H,12,16)(H,14,15);1-2H3. The minimum absolute atomic E-state index is 0.0936. The van der Waals surface area contributed by atoms with Gasteiger partial charge in [0.2, 0.25) is 0 Å². The van der Waals surface area contributed by atoms with Crippen LogP contribution in [0.4, 0.5) is 10.5 Å². The van der Waals surface area contributed by atoms with Gasteiger partial charge >= 0.3 is 12.1 Å². The molecule has 0 saturated carbocycles. The fourth-order valence-corrected chi connectivity index (χ4v) is 1.27. The Hall–Kier alpha value is -1.98. The number of aromatic carboxylic acids is 1. The number of ether oxygens (including phenoxy) is 1. The lowest BCUT2D eigenvalue weighted by molar-refractivity contribution is 0.0633. The van der Waals surface area contributed by atoms with Gasteiger partial charge in [0.1, 0.15) is 11.3 Å². The molecule has 6 nitrogen and oxygen atoms in total. The Bertz CT molecular complexity index is 444. The van der Waals surface area contributed by atoms with Crippen LogP contribution in [-0.2, 0) is 11.8 Å². The van der Waals surface area contributed by atoms with Gasteiger partial charge in [-0.3, -0.25) is 5.32 Å². The number of aryl methyl sites for hydroxylation is 1. The lowest BCUT2D eigenvalue weighted by atomic mass is 10.2. The summed E-state index contributed by atoms with van der Waals surface area (Å²) in [6.07, 6.45) is 0.896. The monoisotopic (exact) mass is 270 g/mol. The molecule has 0 spiro atoms. The van der Waals surface area contributed by atoms with E-state index in [-0.39, 0.29) is 5.69 Å². The molecule has 0 unspecified atom stereocenters. The van der Waals surface area contributed by atoms with Gasteiger partial charge in [0.25, 0.3) is 0 Å². The lowest BCUT2D eigenvalue weighted by Crippen LogP contribution is -2.27. The van der Waals surface area contributed by atoms with Gasteiger partial charge in [0.05, 0.1) is 5.69 Å². The van der Waals surface area contributed by atoms with E-state index < -0.39 is 17.7 Å². The minimum atomic E-state index is -1.05. The predicted octanol–water partition coefficient (Wildman–Crippen LogP) is 3.10. The number of hydrogen-bond acceptors (Lipinski definition) is 3. The highest BCUT2D eigenvalue weighted by atomic mass is 16.6. The zero-order valence-corrected chi connectivity index (χ0v) is 12.3. The molecule has 0 aliphatic carbocycles. The topological polar surface area (TPSA) is 80.6 Å². The van der Waals surface area contributed by atoms with Crippen molar-refractivity contribution in [1.29, 1.82) is 0 Å². The molecule has 1 amide bonds. The second kappa shape index (κ2) is 6.82. The molecule has 0 atom stereocenters. The average Bonchev–Trinajstić information content (AvgIpc) is 2.59. The van der Waals surface area contributed by atoms with E-state index in [1.165, 1.54) is 16.8 Å². The van der Waals surface area contributed by atoms with E-state index in [0.29, 0.717) is 5.69 Å². The number of amides is 1. The predicted molar refractivity (Wildman–Crippen MR) is 73.6 cm³/mol. The molecule has 0 saturated heterocycles. The molecular weight excluding hydrogens is 248 g/mol. The van der Waals surface area contributed by atoms with Crippen molar-refractivity contribution < 1.29 is 19.4 Å². The van der Waals surface area contributed by atoms with E-state index in [2.05, 4.69) is 5.32 Å². The number of rotatable bonds is 2. The van der Waals surface area contributed by atoms with Gasteiger partial charge in [-0.25, -0.2) is 9.59 Å². The quantitative estimate of drug-likeness (QED) is 0.865. The molecule has 108 valence electrons. The zero-order valence-electron chi connectivity index (χ0n) is 12.3. The van der Waals surface area contributed by atoms with Crippen LogP contribution in [0.2, 0.25) is 0 Å². The number of nitrogens with one attached hydrogen (secondary N) is 1. The van der Waals surface area contributed by atoms with E-state index in [1.54, 1.807) is 27.8 Å². The van der Waals surface area contributed by atoms with Crippen molar-refractivity contribution in [3.63, 3.8) is 0 Å². The van der Waals surface area contributed by atoms with Gasteiger partial charge in [0, 0.05) is 13.2 Å². The molecule has 2 N–H and O–H groups in total. The first-order chi connectivity index (χ1) is 8.69. The summed E-state index contributed by atoms with van der Waals surface area (Å²) in [5, 5.41) is 11.3. The third-order valence-corrected chi connectivity index (χ3v) is 1.87. The van der Waals surface area contributed by atoms with E-state index in [0.717, 1.165) is 0 Å². The van der Waals surface area contributed by atoms with Crippen LogP contribution >= 0.6 is 0 Å². The molecule has 0 fully saturated rings. The number of carboxylic acid groups (broad SMARTS) is 1. The van der Waals surface area contributed by atoms with Crippen molar-refractivity contribution in [3.8, 4) is 0 Å². The molecule has 0 bridgehead atoms. The summed E-state index contributed by atoms with van der Waals surface area (Å²) < 4.78 is 6.46. The largest absolute Gasteiger partial charge is 0.477 e. The summed E-state index contributed by atoms with van der Waals surface area (Å²) in [6.45, 7) is 9.25. The molecule has 0 aromatic carbocycles. The first kappa shape index (κ1) is 17.0. The Morgan fingerprint density at radius 2 is 1.84 bits per heavy atom. The maximum atomic E-state index is 11.4. The Balaban J connectivity index is 0.00000154. The SMILES string of the molecule is CC.Cn1cc(NC(=O)OC(C)(C)C)cc1C(=O)O. The van der Waals surface area contributed by atoms with Crippen molar-refractivity contribution in [2.45, 2.75) is 40.2 Å². The van der Waals surface area contributed by atoms with Gasteiger partial charge in [-0.1, -0.05) is 13.8 Å². The van der Waals surface area contributed by atoms with Gasteiger partial charge in [0.15, 0.2) is 0 Å². The number of aromatic nitrogens is 1. The Morgan fingerprint density at radius 1 is 1.32 bits per heavy atom. The van der Waals surface area contributed by atoms with E-state index >= 15 is 0 Å². The highest BCUT2D eigenvalue weighted by molar-refractivity contribution is 5.90. The van der Waals surface area contributed by atoms with Gasteiger partial charge in [-0.2, -0.15) is 0 Å². The summed E-state index contributed by atoms with van der Waals surface area (Å²) >= 11 is 0. The van der Waals surface area contributed by atoms with Gasteiger partial charge in [-0.15, -0.1) is 0 Å². The van der Waals surface area contributed by atoms with Crippen LogP contribution in [-0.4, -0.2) is 27.3 Å². The molecule has 6 heteroatoms. The molecule has 0 aliphatic rings. The van der Waals surface area contributed by atoms with Gasteiger partial charge < -0.3 is 14.4 Å². The number of carbonyl (C=O) groups is 2. The first-order valence-electron chi connectivity index (χ1n) is 6.09. The van der Waals surface area contributed by atoms with Crippen molar-refractivity contribution >= 4 is 17.7 Å². The van der Waals surface area contributed by atoms with Crippen molar-refractivity contribution in [2.75, 3.05) is 5.32 Å². The smallest absolute Gasteiger partial charge is 0.412 e. The molecule has 1 aromatic rings. The average molecular weight is 270 g/mol. The molecule has 0 radical (unpaired) electrons. The summed E-state index contributed by atoms with van der Waals surface area (Å²) in [6, 6.07) is 1.37. The van der Waals surface area contributed by atoms with Crippen LogP contribution < -0.4 is 5.32 Å². The molecule has 1 heterocycles. The fraction of sp³-hybridized carbons (Fsp3) is 0.538. The first-order valence-corrected chi connectivity index (χ1v) is 6.09. The molecular formula is C13H22N2O4. The third-order valence-electron chi connectivity index (χ3n) is 1.87. The van der Waals surface area contributed by atoms with Crippen molar-refractivity contribution in [2.24, 2.45) is 7.05 Å². The summed E-state index contributed by atoms with van der Waals surface area (Å²) in [5.41, 5.74) is -0.107. The molecule has 19 heavy (non-hydrogen) atoms. The van der Waals surface area contributed by atoms with Gasteiger partial charge in [-0.05, 0) is 26.8 Å². The summed E-state index contributed by atoms with van der Waals surface area (Å²) in [5.74, 6) is -1.05. The van der Waals surface area contributed by atoms with E-state index in [1.807, 2.05) is 13.8 Å². The molecule has 1 aromatic heterocycles. The zero-order chi connectivity index (χ0) is 15.2.